The summed E-state index contributed by atoms with van der Waals surface area (Å²) >= 11 is 0. The highest BCUT2D eigenvalue weighted by atomic mass is 16.5. The quantitative estimate of drug-likeness (QED) is 0.919. The summed E-state index contributed by atoms with van der Waals surface area (Å²) in [5.74, 6) is 0.547. The third-order valence-corrected chi connectivity index (χ3v) is 5.19. The molecule has 5 nitrogen and oxygen atoms in total. The van der Waals surface area contributed by atoms with Gasteiger partial charge in [0.1, 0.15) is 6.10 Å². The molecule has 0 amide bonds. The highest BCUT2D eigenvalue weighted by Gasteiger charge is 2.39. The first-order chi connectivity index (χ1) is 11.3. The maximum absolute atomic E-state index is 6.22. The van der Waals surface area contributed by atoms with Crippen LogP contribution in [-0.4, -0.2) is 52.0 Å². The van der Waals surface area contributed by atoms with Crippen molar-refractivity contribution in [2.75, 3.05) is 26.2 Å². The Hall–Kier alpha value is -0.910. The lowest BCUT2D eigenvalue weighted by molar-refractivity contribution is -0.0523. The van der Waals surface area contributed by atoms with Crippen molar-refractivity contribution in [3.05, 3.63) is 18.0 Å². The van der Waals surface area contributed by atoms with Crippen LogP contribution in [0.3, 0.4) is 0 Å². The van der Waals surface area contributed by atoms with E-state index in [1.54, 1.807) is 0 Å². The molecule has 2 fully saturated rings. The fourth-order valence-electron chi connectivity index (χ4n) is 4.84. The summed E-state index contributed by atoms with van der Waals surface area (Å²) in [6.45, 7) is 16.4. The van der Waals surface area contributed by atoms with Crippen LogP contribution in [0, 0.1) is 5.92 Å². The molecule has 2 atom stereocenters. The van der Waals surface area contributed by atoms with Gasteiger partial charge in [0, 0.05) is 56.0 Å². The number of piperazine rings is 1. The van der Waals surface area contributed by atoms with Crippen molar-refractivity contribution in [2.45, 2.75) is 71.2 Å². The average molecular weight is 335 g/mol. The van der Waals surface area contributed by atoms with Crippen LogP contribution >= 0.6 is 0 Å². The summed E-state index contributed by atoms with van der Waals surface area (Å²) in [5, 5.41) is 8.22. The third kappa shape index (κ3) is 4.01. The van der Waals surface area contributed by atoms with Crippen LogP contribution in [0.4, 0.5) is 0 Å². The molecule has 0 aliphatic carbocycles. The zero-order valence-corrected chi connectivity index (χ0v) is 16.0. The normalized spacial score (nSPS) is 30.4. The minimum atomic E-state index is 0.151. The Kier molecular flexibility index (Phi) is 5.05. The van der Waals surface area contributed by atoms with Gasteiger partial charge in [-0.3, -0.25) is 9.58 Å². The summed E-state index contributed by atoms with van der Waals surface area (Å²) in [6, 6.07) is 2.14. The fourth-order valence-corrected chi connectivity index (χ4v) is 4.84. The Morgan fingerprint density at radius 2 is 1.96 bits per heavy atom. The van der Waals surface area contributed by atoms with Crippen molar-refractivity contribution in [3.8, 4) is 0 Å². The van der Waals surface area contributed by atoms with E-state index in [1.807, 2.05) is 6.20 Å². The van der Waals surface area contributed by atoms with Gasteiger partial charge in [-0.25, -0.2) is 0 Å². The molecule has 1 aromatic rings. The molecule has 0 saturated carbocycles. The third-order valence-electron chi connectivity index (χ3n) is 5.19. The first kappa shape index (κ1) is 17.9. The smallest absolute Gasteiger partial charge is 0.103 e. The molecule has 3 rings (SSSR count). The van der Waals surface area contributed by atoms with Gasteiger partial charge in [0.25, 0.3) is 0 Å². The van der Waals surface area contributed by atoms with Crippen LogP contribution in [-0.2, 0) is 11.3 Å². The molecule has 0 bridgehead atoms. The lowest BCUT2D eigenvalue weighted by atomic mass is 9.87. The molecule has 2 saturated heterocycles. The molecular weight excluding hydrogens is 300 g/mol. The Morgan fingerprint density at radius 1 is 1.25 bits per heavy atom. The second-order valence-corrected chi connectivity index (χ2v) is 8.83. The molecule has 2 aliphatic rings. The van der Waals surface area contributed by atoms with Crippen LogP contribution < -0.4 is 5.32 Å². The maximum Gasteiger partial charge on any atom is 0.103 e. The van der Waals surface area contributed by atoms with Gasteiger partial charge in [0.2, 0.25) is 0 Å². The fraction of sp³-hybridized carbons (Fsp3) is 0.842. The molecule has 1 aromatic heterocycles. The molecule has 3 heterocycles. The van der Waals surface area contributed by atoms with Crippen molar-refractivity contribution in [1.82, 2.24) is 20.0 Å². The van der Waals surface area contributed by atoms with Gasteiger partial charge in [-0.1, -0.05) is 0 Å². The van der Waals surface area contributed by atoms with E-state index in [0.29, 0.717) is 5.92 Å². The Labute approximate surface area is 146 Å². The molecule has 2 aliphatic heterocycles. The van der Waals surface area contributed by atoms with E-state index < -0.39 is 0 Å². The minimum absolute atomic E-state index is 0.151. The van der Waals surface area contributed by atoms with E-state index in [-0.39, 0.29) is 17.2 Å². The lowest BCUT2D eigenvalue weighted by Crippen LogP contribution is -2.67. The van der Waals surface area contributed by atoms with Gasteiger partial charge in [0.05, 0.1) is 5.69 Å². The monoisotopic (exact) mass is 334 g/mol. The van der Waals surface area contributed by atoms with Gasteiger partial charge in [-0.2, -0.15) is 5.10 Å². The molecule has 24 heavy (non-hydrogen) atoms. The first-order valence-corrected chi connectivity index (χ1v) is 9.45. The van der Waals surface area contributed by atoms with Crippen LogP contribution in [0.15, 0.2) is 12.3 Å². The highest BCUT2D eigenvalue weighted by Crippen LogP contribution is 2.35. The summed E-state index contributed by atoms with van der Waals surface area (Å²) in [4.78, 5) is 2.63. The Balaban J connectivity index is 1.74. The van der Waals surface area contributed by atoms with Gasteiger partial charge >= 0.3 is 0 Å². The largest absolute Gasteiger partial charge is 0.372 e. The molecule has 0 spiro atoms. The van der Waals surface area contributed by atoms with Crippen LogP contribution in [0.5, 0.6) is 0 Å². The number of nitrogens with one attached hydrogen (secondary N) is 1. The molecule has 0 aromatic carbocycles. The molecule has 1 N–H and O–H groups in total. The predicted molar refractivity (Wildman–Crippen MR) is 97.1 cm³/mol. The van der Waals surface area contributed by atoms with Gasteiger partial charge in [-0.05, 0) is 53.5 Å². The lowest BCUT2D eigenvalue weighted by Gasteiger charge is -2.49. The van der Waals surface area contributed by atoms with Crippen LogP contribution in [0.2, 0.25) is 0 Å². The minimum Gasteiger partial charge on any atom is -0.372 e. The van der Waals surface area contributed by atoms with Gasteiger partial charge in [0.15, 0.2) is 0 Å². The van der Waals surface area contributed by atoms with Crippen molar-refractivity contribution < 1.29 is 4.74 Å². The topological polar surface area (TPSA) is 42.3 Å². The van der Waals surface area contributed by atoms with Crippen LogP contribution in [0.1, 0.15) is 59.3 Å². The summed E-state index contributed by atoms with van der Waals surface area (Å²) in [7, 11) is 0. The Morgan fingerprint density at radius 3 is 2.62 bits per heavy atom. The number of rotatable bonds is 4. The number of aromatic nitrogens is 2. The number of aryl methyl sites for hydroxylation is 1. The van der Waals surface area contributed by atoms with E-state index in [2.05, 4.69) is 60.7 Å². The maximum atomic E-state index is 6.22. The summed E-state index contributed by atoms with van der Waals surface area (Å²) < 4.78 is 8.31. The standard InChI is InChI=1S/C19H34N4O/c1-6-23-16(9-10-20-23)17-15(8-7-11-24-17)12-22-13-18(2,3)21-19(4,5)14-22/h9-10,15,17,21H,6-8,11-14H2,1-5H3/t15-,17+/m0/s1. The summed E-state index contributed by atoms with van der Waals surface area (Å²) in [5.41, 5.74) is 1.55. The first-order valence-electron chi connectivity index (χ1n) is 9.45. The van der Waals surface area contributed by atoms with E-state index >= 15 is 0 Å². The van der Waals surface area contributed by atoms with E-state index in [4.69, 9.17) is 4.74 Å². The number of ether oxygens (including phenoxy) is 1. The zero-order valence-electron chi connectivity index (χ0n) is 16.0. The summed E-state index contributed by atoms with van der Waals surface area (Å²) in [6.07, 6.45) is 4.50. The van der Waals surface area contributed by atoms with Crippen molar-refractivity contribution in [3.63, 3.8) is 0 Å². The molecule has 0 radical (unpaired) electrons. The van der Waals surface area contributed by atoms with Crippen molar-refractivity contribution >= 4 is 0 Å². The molecule has 5 heteroatoms. The van der Waals surface area contributed by atoms with E-state index in [1.165, 1.54) is 18.5 Å². The molecule has 0 unspecified atom stereocenters. The number of hydrogen-bond acceptors (Lipinski definition) is 4. The Bertz CT molecular complexity index is 535. The van der Waals surface area contributed by atoms with Crippen molar-refractivity contribution in [1.29, 1.82) is 0 Å². The van der Waals surface area contributed by atoms with Gasteiger partial charge < -0.3 is 10.1 Å². The van der Waals surface area contributed by atoms with Crippen molar-refractivity contribution in [2.24, 2.45) is 5.92 Å². The van der Waals surface area contributed by atoms with Gasteiger partial charge in [-0.15, -0.1) is 0 Å². The second kappa shape index (κ2) is 6.77. The zero-order chi connectivity index (χ0) is 17.4. The number of nitrogens with zero attached hydrogens (tertiary/aromatic N) is 3. The SMILES string of the molecule is CCn1nccc1[C@@H]1OCCC[C@H]1CN1CC(C)(C)NC(C)(C)C1. The average Bonchev–Trinajstić information content (AvgIpc) is 2.92. The second-order valence-electron chi connectivity index (χ2n) is 8.83. The van der Waals surface area contributed by atoms with E-state index in [9.17, 15) is 0 Å². The molecular formula is C19H34N4O. The molecule has 136 valence electrons. The predicted octanol–water partition coefficient (Wildman–Crippen LogP) is 2.83. The van der Waals surface area contributed by atoms with E-state index in [0.717, 1.165) is 32.8 Å². The van der Waals surface area contributed by atoms with Crippen LogP contribution in [0.25, 0.3) is 0 Å². The number of hydrogen-bond donors (Lipinski definition) is 1. The highest BCUT2D eigenvalue weighted by molar-refractivity contribution is 5.08.